The molecule has 20 heavy (non-hydrogen) atoms. The van der Waals surface area contributed by atoms with E-state index in [1.165, 1.54) is 0 Å². The number of hydrogen-bond acceptors (Lipinski definition) is 1. The van der Waals surface area contributed by atoms with E-state index in [2.05, 4.69) is 23.6 Å². The van der Waals surface area contributed by atoms with E-state index in [9.17, 15) is 0 Å². The molecule has 0 N–H and O–H groups in total. The van der Waals surface area contributed by atoms with Gasteiger partial charge in [0.25, 0.3) is 0 Å². The molecule has 0 fully saturated rings. The molecule has 0 bridgehead atoms. The Hall–Kier alpha value is -1.51. The van der Waals surface area contributed by atoms with Crippen molar-refractivity contribution in [2.75, 3.05) is 0 Å². The van der Waals surface area contributed by atoms with E-state index in [-0.39, 0.29) is 5.38 Å². The maximum Gasteiger partial charge on any atom is 0.132 e. The van der Waals surface area contributed by atoms with Gasteiger partial charge in [-0.15, -0.1) is 11.6 Å². The largest absolute Gasteiger partial charge is 0.295 e. The third-order valence-corrected chi connectivity index (χ3v) is 3.80. The van der Waals surface area contributed by atoms with Gasteiger partial charge in [0.1, 0.15) is 5.82 Å². The zero-order chi connectivity index (χ0) is 14.3. The van der Waals surface area contributed by atoms with Crippen LogP contribution in [-0.4, -0.2) is 9.55 Å². The van der Waals surface area contributed by atoms with Gasteiger partial charge in [0, 0.05) is 10.7 Å². The second-order valence-corrected chi connectivity index (χ2v) is 5.93. The zero-order valence-corrected chi connectivity index (χ0v) is 12.8. The number of aryl methyl sites for hydroxylation is 1. The smallest absolute Gasteiger partial charge is 0.132 e. The van der Waals surface area contributed by atoms with Crippen molar-refractivity contribution in [3.63, 3.8) is 0 Å². The lowest BCUT2D eigenvalue weighted by atomic mass is 10.2. The Bertz CT molecular complexity index is 758. The fraction of sp³-hybridized carbons (Fsp3) is 0.188. The minimum Gasteiger partial charge on any atom is -0.295 e. The molecule has 0 radical (unpaired) electrons. The molecule has 102 valence electrons. The second-order valence-electron chi connectivity index (χ2n) is 4.84. The molecule has 1 unspecified atom stereocenters. The third kappa shape index (κ3) is 2.19. The van der Waals surface area contributed by atoms with Gasteiger partial charge in [-0.05, 0) is 49.7 Å². The molecule has 0 aliphatic carbocycles. The summed E-state index contributed by atoms with van der Waals surface area (Å²) in [6.45, 7) is 3.99. The van der Waals surface area contributed by atoms with E-state index < -0.39 is 0 Å². The number of rotatable bonds is 2. The summed E-state index contributed by atoms with van der Waals surface area (Å²) < 4.78 is 2.09. The van der Waals surface area contributed by atoms with Gasteiger partial charge in [-0.1, -0.05) is 23.7 Å². The van der Waals surface area contributed by atoms with Crippen LogP contribution in [0.1, 0.15) is 23.7 Å². The molecule has 3 aromatic rings. The third-order valence-electron chi connectivity index (χ3n) is 3.35. The molecule has 2 nitrogen and oxygen atoms in total. The van der Waals surface area contributed by atoms with Crippen molar-refractivity contribution >= 4 is 34.2 Å². The van der Waals surface area contributed by atoms with Gasteiger partial charge in [-0.25, -0.2) is 4.98 Å². The van der Waals surface area contributed by atoms with Crippen molar-refractivity contribution in [2.45, 2.75) is 19.2 Å². The average Bonchev–Trinajstić information content (AvgIpc) is 2.81. The molecule has 4 heteroatoms. The van der Waals surface area contributed by atoms with Crippen molar-refractivity contribution in [2.24, 2.45) is 0 Å². The quantitative estimate of drug-likeness (QED) is 0.588. The van der Waals surface area contributed by atoms with Crippen LogP contribution in [0.5, 0.6) is 0 Å². The van der Waals surface area contributed by atoms with Crippen LogP contribution in [0.25, 0.3) is 16.7 Å². The van der Waals surface area contributed by atoms with E-state index in [4.69, 9.17) is 28.2 Å². The number of imidazole rings is 1. The highest BCUT2D eigenvalue weighted by molar-refractivity contribution is 6.30. The van der Waals surface area contributed by atoms with Crippen LogP contribution < -0.4 is 0 Å². The van der Waals surface area contributed by atoms with Gasteiger partial charge in [0.15, 0.2) is 0 Å². The van der Waals surface area contributed by atoms with Crippen molar-refractivity contribution < 1.29 is 0 Å². The van der Waals surface area contributed by atoms with Gasteiger partial charge in [0.2, 0.25) is 0 Å². The number of hydrogen-bond donors (Lipinski definition) is 0. The predicted octanol–water partition coefficient (Wildman–Crippen LogP) is 5.29. The Morgan fingerprint density at radius 2 is 1.80 bits per heavy atom. The maximum atomic E-state index is 6.30. The van der Waals surface area contributed by atoms with Gasteiger partial charge >= 0.3 is 0 Å². The van der Waals surface area contributed by atoms with Crippen molar-refractivity contribution in [3.05, 3.63) is 58.9 Å². The first-order chi connectivity index (χ1) is 9.58. The fourth-order valence-electron chi connectivity index (χ4n) is 2.39. The van der Waals surface area contributed by atoms with E-state index in [1.54, 1.807) is 0 Å². The van der Waals surface area contributed by atoms with Crippen molar-refractivity contribution in [1.82, 2.24) is 9.55 Å². The topological polar surface area (TPSA) is 17.8 Å². The van der Waals surface area contributed by atoms with Gasteiger partial charge in [-0.3, -0.25) is 4.57 Å². The minimum absolute atomic E-state index is 0.169. The van der Waals surface area contributed by atoms with Crippen LogP contribution >= 0.6 is 23.2 Å². The highest BCUT2D eigenvalue weighted by Gasteiger charge is 2.17. The molecule has 0 amide bonds. The standard InChI is InChI=1S/C16H14Cl2N2/c1-10-4-3-5-14-15(10)19-16(11(2)17)20(14)13-8-6-12(18)7-9-13/h3-9,11H,1-2H3. The summed E-state index contributed by atoms with van der Waals surface area (Å²) in [5.41, 5.74) is 4.22. The first-order valence-corrected chi connectivity index (χ1v) is 7.27. The molecule has 0 spiro atoms. The van der Waals surface area contributed by atoms with E-state index in [1.807, 2.05) is 37.3 Å². The lowest BCUT2D eigenvalue weighted by molar-refractivity contribution is 0.882. The van der Waals surface area contributed by atoms with Crippen molar-refractivity contribution in [3.8, 4) is 5.69 Å². The number of fused-ring (bicyclic) bond motifs is 1. The van der Waals surface area contributed by atoms with Crippen LogP contribution in [0, 0.1) is 6.92 Å². The summed E-state index contributed by atoms with van der Waals surface area (Å²) in [7, 11) is 0. The fourth-order valence-corrected chi connectivity index (χ4v) is 2.66. The molecule has 0 aliphatic heterocycles. The lowest BCUT2D eigenvalue weighted by Crippen LogP contribution is -2.01. The number of halogens is 2. The second kappa shape index (κ2) is 5.12. The summed E-state index contributed by atoms with van der Waals surface area (Å²) in [6.07, 6.45) is 0. The lowest BCUT2D eigenvalue weighted by Gasteiger charge is -2.10. The molecule has 1 heterocycles. The Labute approximate surface area is 128 Å². The van der Waals surface area contributed by atoms with E-state index in [0.717, 1.165) is 33.1 Å². The van der Waals surface area contributed by atoms with Crippen LogP contribution in [0.4, 0.5) is 0 Å². The number of alkyl halides is 1. The van der Waals surface area contributed by atoms with Gasteiger partial charge in [-0.2, -0.15) is 0 Å². The predicted molar refractivity (Wildman–Crippen MR) is 85.1 cm³/mol. The zero-order valence-electron chi connectivity index (χ0n) is 11.3. The molecule has 1 atom stereocenters. The molecular weight excluding hydrogens is 291 g/mol. The van der Waals surface area contributed by atoms with Crippen LogP contribution in [0.3, 0.4) is 0 Å². The monoisotopic (exact) mass is 304 g/mol. The van der Waals surface area contributed by atoms with Gasteiger partial charge in [0.05, 0.1) is 16.4 Å². The summed E-state index contributed by atoms with van der Waals surface area (Å²) in [5, 5.41) is 0.548. The highest BCUT2D eigenvalue weighted by atomic mass is 35.5. The van der Waals surface area contributed by atoms with Crippen LogP contribution in [0.2, 0.25) is 5.02 Å². The van der Waals surface area contributed by atoms with Crippen molar-refractivity contribution in [1.29, 1.82) is 0 Å². The highest BCUT2D eigenvalue weighted by Crippen LogP contribution is 2.29. The maximum absolute atomic E-state index is 6.30. The average molecular weight is 305 g/mol. The molecule has 2 aromatic carbocycles. The Morgan fingerprint density at radius 3 is 2.45 bits per heavy atom. The summed E-state index contributed by atoms with van der Waals surface area (Å²) >= 11 is 12.3. The molecule has 3 rings (SSSR count). The summed E-state index contributed by atoms with van der Waals surface area (Å²) in [5.74, 6) is 0.846. The summed E-state index contributed by atoms with van der Waals surface area (Å²) in [4.78, 5) is 4.71. The number of benzene rings is 2. The number of aromatic nitrogens is 2. The van der Waals surface area contributed by atoms with E-state index in [0.29, 0.717) is 0 Å². The number of para-hydroxylation sites is 1. The molecular formula is C16H14Cl2N2. The molecule has 0 saturated heterocycles. The first kappa shape index (κ1) is 13.5. The molecule has 1 aromatic heterocycles. The summed E-state index contributed by atoms with van der Waals surface area (Å²) in [6, 6.07) is 13.9. The Kier molecular flexibility index (Phi) is 3.45. The Morgan fingerprint density at radius 1 is 1.10 bits per heavy atom. The molecule has 0 saturated carbocycles. The van der Waals surface area contributed by atoms with Crippen LogP contribution in [0.15, 0.2) is 42.5 Å². The SMILES string of the molecule is Cc1cccc2c1nc(C(C)Cl)n2-c1ccc(Cl)cc1. The normalized spacial score (nSPS) is 12.8. The van der Waals surface area contributed by atoms with E-state index >= 15 is 0 Å². The minimum atomic E-state index is -0.169. The first-order valence-electron chi connectivity index (χ1n) is 6.46. The van der Waals surface area contributed by atoms with Gasteiger partial charge < -0.3 is 0 Å². The molecule has 0 aliphatic rings. The Balaban J connectivity index is 2.35. The number of nitrogens with zero attached hydrogens (tertiary/aromatic N) is 2. The van der Waals surface area contributed by atoms with Crippen LogP contribution in [-0.2, 0) is 0 Å².